The molecule has 0 amide bonds. The number of halogens is 1. The molecule has 0 aliphatic carbocycles. The molecule has 1 aromatic heterocycles. The van der Waals surface area contributed by atoms with Gasteiger partial charge in [-0.1, -0.05) is 0 Å². The van der Waals surface area contributed by atoms with Crippen LogP contribution in [0.5, 0.6) is 6.01 Å². The van der Waals surface area contributed by atoms with Crippen molar-refractivity contribution in [1.29, 1.82) is 0 Å². The average Bonchev–Trinajstić information content (AvgIpc) is 2.51. The normalized spacial score (nSPS) is 31.8. The summed E-state index contributed by atoms with van der Waals surface area (Å²) in [6, 6.07) is 0.268. The number of ether oxygens (including phenoxy) is 2. The zero-order chi connectivity index (χ0) is 11.3. The van der Waals surface area contributed by atoms with Gasteiger partial charge in [-0.05, 0) is 22.6 Å². The molecular formula is C9H9IN2O4. The highest BCUT2D eigenvalue weighted by atomic mass is 127. The van der Waals surface area contributed by atoms with E-state index in [1.807, 2.05) is 22.6 Å². The quantitative estimate of drug-likeness (QED) is 0.670. The van der Waals surface area contributed by atoms with Gasteiger partial charge >= 0.3 is 6.01 Å². The molecule has 0 unspecified atom stereocenters. The minimum atomic E-state index is -0.518. The summed E-state index contributed by atoms with van der Waals surface area (Å²) >= 11 is 1.92. The van der Waals surface area contributed by atoms with E-state index in [-0.39, 0.29) is 30.5 Å². The van der Waals surface area contributed by atoms with Crippen molar-refractivity contribution in [3.63, 3.8) is 0 Å². The lowest BCUT2D eigenvalue weighted by Gasteiger charge is -2.16. The molecule has 2 bridgehead atoms. The Morgan fingerprint density at radius 3 is 3.25 bits per heavy atom. The third-order valence-corrected chi connectivity index (χ3v) is 3.51. The monoisotopic (exact) mass is 336 g/mol. The topological polar surface area (TPSA) is 73.6 Å². The van der Waals surface area contributed by atoms with Crippen molar-refractivity contribution in [2.45, 2.75) is 24.9 Å². The third-order valence-electron chi connectivity index (χ3n) is 2.77. The molecule has 1 N–H and O–H groups in total. The summed E-state index contributed by atoms with van der Waals surface area (Å²) in [4.78, 5) is 15.2. The van der Waals surface area contributed by atoms with Crippen molar-refractivity contribution in [1.82, 2.24) is 9.55 Å². The van der Waals surface area contributed by atoms with Crippen molar-refractivity contribution in [2.24, 2.45) is 0 Å². The number of aromatic nitrogens is 2. The second-order valence-electron chi connectivity index (χ2n) is 3.83. The van der Waals surface area contributed by atoms with E-state index in [9.17, 15) is 9.90 Å². The maximum Gasteiger partial charge on any atom is 0.301 e. The predicted molar refractivity (Wildman–Crippen MR) is 61.2 cm³/mol. The van der Waals surface area contributed by atoms with Gasteiger partial charge in [0.15, 0.2) is 0 Å². The predicted octanol–water partition coefficient (Wildman–Crippen LogP) is -0.111. The third kappa shape index (κ3) is 1.54. The summed E-state index contributed by atoms with van der Waals surface area (Å²) in [6.45, 7) is 0.227. The second kappa shape index (κ2) is 3.67. The molecule has 0 aromatic carbocycles. The van der Waals surface area contributed by atoms with E-state index in [1.54, 1.807) is 10.8 Å². The van der Waals surface area contributed by atoms with E-state index in [0.29, 0.717) is 9.99 Å². The minimum Gasteiger partial charge on any atom is -0.462 e. The van der Waals surface area contributed by atoms with Gasteiger partial charge in [0.05, 0.1) is 9.67 Å². The lowest BCUT2D eigenvalue weighted by Crippen LogP contribution is -2.29. The van der Waals surface area contributed by atoms with Gasteiger partial charge in [0.25, 0.3) is 5.56 Å². The summed E-state index contributed by atoms with van der Waals surface area (Å²) in [6.07, 6.45) is 1.01. The molecule has 2 aliphatic rings. The zero-order valence-electron chi connectivity index (χ0n) is 8.17. The van der Waals surface area contributed by atoms with Crippen LogP contribution in [0.25, 0.3) is 0 Å². The fourth-order valence-corrected chi connectivity index (χ4v) is 2.36. The van der Waals surface area contributed by atoms with Crippen molar-refractivity contribution in [3.8, 4) is 6.01 Å². The Morgan fingerprint density at radius 2 is 2.44 bits per heavy atom. The second-order valence-corrected chi connectivity index (χ2v) is 4.99. The highest BCUT2D eigenvalue weighted by Gasteiger charge is 2.39. The molecule has 2 aliphatic heterocycles. The van der Waals surface area contributed by atoms with Crippen LogP contribution in [-0.2, 0) is 4.74 Å². The molecule has 1 fully saturated rings. The molecule has 0 spiro atoms. The van der Waals surface area contributed by atoms with Crippen LogP contribution in [0.2, 0.25) is 0 Å². The summed E-state index contributed by atoms with van der Waals surface area (Å²) in [5.41, 5.74) is -0.301. The molecule has 6 nitrogen and oxygen atoms in total. The van der Waals surface area contributed by atoms with Gasteiger partial charge in [0, 0.05) is 12.6 Å². The van der Waals surface area contributed by atoms with Crippen LogP contribution in [-0.4, -0.2) is 33.5 Å². The summed E-state index contributed by atoms with van der Waals surface area (Å²) < 4.78 is 13.1. The van der Waals surface area contributed by atoms with E-state index >= 15 is 0 Å². The van der Waals surface area contributed by atoms with Crippen LogP contribution in [0.1, 0.15) is 12.6 Å². The first kappa shape index (κ1) is 10.5. The summed E-state index contributed by atoms with van der Waals surface area (Å²) in [5.74, 6) is 0. The van der Waals surface area contributed by atoms with E-state index in [0.717, 1.165) is 0 Å². The molecule has 1 aromatic rings. The SMILES string of the molecule is O=c1nc2n(cc1I)[C@H]1C[C@H](O)[C@@H](CO2)O1. The number of aliphatic hydroxyl groups is 1. The van der Waals surface area contributed by atoms with Crippen LogP contribution < -0.4 is 10.3 Å². The number of rotatable bonds is 0. The molecule has 86 valence electrons. The number of aliphatic hydroxyl groups excluding tert-OH is 1. The van der Waals surface area contributed by atoms with E-state index in [2.05, 4.69) is 4.98 Å². The Balaban J connectivity index is 2.10. The van der Waals surface area contributed by atoms with Gasteiger partial charge in [0.2, 0.25) is 0 Å². The van der Waals surface area contributed by atoms with Gasteiger partial charge in [-0.2, -0.15) is 4.98 Å². The largest absolute Gasteiger partial charge is 0.462 e. The molecule has 3 heterocycles. The lowest BCUT2D eigenvalue weighted by molar-refractivity contribution is -0.0205. The standard InChI is InChI=1S/C9H9IN2O4/c10-4-2-12-7-1-5(13)6(16-7)3-15-9(12)11-8(4)14/h2,5-7,13H,1,3H2/t5-,6+,7+/m0/s1. The van der Waals surface area contributed by atoms with Gasteiger partial charge in [0.1, 0.15) is 18.9 Å². The first-order valence-corrected chi connectivity index (χ1v) is 5.98. The number of nitrogens with zero attached hydrogens (tertiary/aromatic N) is 2. The molecule has 0 radical (unpaired) electrons. The number of hydrogen-bond acceptors (Lipinski definition) is 5. The summed E-state index contributed by atoms with van der Waals surface area (Å²) in [5, 5.41) is 9.67. The van der Waals surface area contributed by atoms with Crippen LogP contribution >= 0.6 is 22.6 Å². The fraction of sp³-hybridized carbons (Fsp3) is 0.556. The molecular weight excluding hydrogens is 327 g/mol. The molecule has 3 atom stereocenters. The first-order valence-electron chi connectivity index (χ1n) is 4.90. The molecule has 3 rings (SSSR count). The fourth-order valence-electron chi connectivity index (χ4n) is 1.94. The highest BCUT2D eigenvalue weighted by Crippen LogP contribution is 2.33. The van der Waals surface area contributed by atoms with Crippen molar-refractivity contribution in [2.75, 3.05) is 6.61 Å². The van der Waals surface area contributed by atoms with Crippen LogP contribution in [0.4, 0.5) is 0 Å². The maximum atomic E-state index is 11.4. The van der Waals surface area contributed by atoms with E-state index < -0.39 is 6.10 Å². The Morgan fingerprint density at radius 1 is 1.62 bits per heavy atom. The summed E-state index contributed by atoms with van der Waals surface area (Å²) in [7, 11) is 0. The van der Waals surface area contributed by atoms with Gasteiger partial charge in [-0.3, -0.25) is 9.36 Å². The van der Waals surface area contributed by atoms with Crippen molar-refractivity contribution < 1.29 is 14.6 Å². The van der Waals surface area contributed by atoms with Crippen LogP contribution in [0, 0.1) is 3.57 Å². The Bertz CT molecular complexity index is 489. The zero-order valence-corrected chi connectivity index (χ0v) is 10.3. The molecule has 7 heteroatoms. The van der Waals surface area contributed by atoms with Gasteiger partial charge in [-0.25, -0.2) is 0 Å². The number of fused-ring (bicyclic) bond motifs is 4. The lowest BCUT2D eigenvalue weighted by atomic mass is 10.2. The van der Waals surface area contributed by atoms with Crippen molar-refractivity contribution >= 4 is 22.6 Å². The smallest absolute Gasteiger partial charge is 0.301 e. The molecule has 16 heavy (non-hydrogen) atoms. The van der Waals surface area contributed by atoms with Crippen LogP contribution in [0.15, 0.2) is 11.0 Å². The Labute approximate surface area is 104 Å². The Hall–Kier alpha value is -0.670. The van der Waals surface area contributed by atoms with E-state index in [4.69, 9.17) is 9.47 Å². The van der Waals surface area contributed by atoms with E-state index in [1.165, 1.54) is 0 Å². The maximum absolute atomic E-state index is 11.4. The minimum absolute atomic E-state index is 0.227. The molecule has 0 saturated carbocycles. The van der Waals surface area contributed by atoms with Crippen LogP contribution in [0.3, 0.4) is 0 Å². The van der Waals surface area contributed by atoms with Crippen molar-refractivity contribution in [3.05, 3.63) is 20.1 Å². The molecule has 1 saturated heterocycles. The van der Waals surface area contributed by atoms with Gasteiger partial charge < -0.3 is 14.6 Å². The first-order chi connectivity index (χ1) is 7.65. The van der Waals surface area contributed by atoms with Gasteiger partial charge in [-0.15, -0.1) is 0 Å². The average molecular weight is 336 g/mol. The highest BCUT2D eigenvalue weighted by molar-refractivity contribution is 14.1. The Kier molecular flexibility index (Phi) is 2.41. The number of hydrogen-bond donors (Lipinski definition) is 1.